The Hall–Kier alpha value is -1.91. The number of benzene rings is 1. The molecule has 5 nitrogen and oxygen atoms in total. The Morgan fingerprint density at radius 3 is 2.59 bits per heavy atom. The van der Waals surface area contributed by atoms with E-state index in [2.05, 4.69) is 10.6 Å². The Morgan fingerprint density at radius 1 is 1.24 bits per heavy atom. The Morgan fingerprint density at radius 2 is 1.94 bits per heavy atom. The maximum Gasteiger partial charge on any atom is 0.317 e. The van der Waals surface area contributed by atoms with Gasteiger partial charge in [-0.25, -0.2) is 4.79 Å². The molecule has 0 atom stereocenters. The van der Waals surface area contributed by atoms with Crippen molar-refractivity contribution in [1.29, 1.82) is 0 Å². The summed E-state index contributed by atoms with van der Waals surface area (Å²) in [6, 6.07) is 7.04. The molecule has 0 unspecified atom stereocenters. The Kier molecular flexibility index (Phi) is 5.71. The fraction of sp³-hybridized carbons (Fsp3) is 0.417. The van der Waals surface area contributed by atoms with Crippen LogP contribution in [0.4, 0.5) is 4.79 Å². The van der Waals surface area contributed by atoms with Crippen molar-refractivity contribution in [3.8, 4) is 11.5 Å². The zero-order valence-corrected chi connectivity index (χ0v) is 10.2. The first kappa shape index (κ1) is 13.2. The van der Waals surface area contributed by atoms with E-state index in [-0.39, 0.29) is 12.8 Å². The van der Waals surface area contributed by atoms with Crippen LogP contribution in [-0.2, 0) is 0 Å². The number of hydrogen-bond acceptors (Lipinski definition) is 3. The number of methoxy groups -OCH3 is 1. The van der Waals surface area contributed by atoms with Gasteiger partial charge in [0.05, 0.1) is 7.11 Å². The first-order chi connectivity index (χ1) is 8.27. The predicted octanol–water partition coefficient (Wildman–Crippen LogP) is 1.74. The van der Waals surface area contributed by atoms with Crippen molar-refractivity contribution in [2.45, 2.75) is 13.3 Å². The van der Waals surface area contributed by atoms with E-state index in [1.165, 1.54) is 0 Å². The second-order valence-electron chi connectivity index (χ2n) is 3.37. The van der Waals surface area contributed by atoms with Gasteiger partial charge in [0.25, 0.3) is 0 Å². The maximum absolute atomic E-state index is 11.2. The quantitative estimate of drug-likeness (QED) is 0.742. The third-order valence-electron chi connectivity index (χ3n) is 2.07. The Bertz CT molecular complexity index is 355. The molecule has 2 N–H and O–H groups in total. The van der Waals surface area contributed by atoms with Gasteiger partial charge < -0.3 is 20.1 Å². The standard InChI is InChI=1S/C12H18N2O3/c1-3-8-13-12(15)14-9-17-11-7-5-4-6-10(11)16-2/h4-7H,3,8-9H2,1-2H3,(H2,13,14,15). The molecule has 5 heteroatoms. The van der Waals surface area contributed by atoms with Crippen LogP contribution < -0.4 is 20.1 Å². The number of amides is 2. The highest BCUT2D eigenvalue weighted by molar-refractivity contribution is 5.73. The second kappa shape index (κ2) is 7.38. The zero-order valence-electron chi connectivity index (χ0n) is 10.2. The molecule has 0 aliphatic carbocycles. The third kappa shape index (κ3) is 4.63. The van der Waals surface area contributed by atoms with E-state index in [1.54, 1.807) is 19.2 Å². The highest BCUT2D eigenvalue weighted by Gasteiger charge is 2.03. The lowest BCUT2D eigenvalue weighted by atomic mass is 10.3. The van der Waals surface area contributed by atoms with Gasteiger partial charge in [0.1, 0.15) is 0 Å². The molecule has 1 aromatic rings. The van der Waals surface area contributed by atoms with Crippen molar-refractivity contribution in [3.63, 3.8) is 0 Å². The Balaban J connectivity index is 2.33. The van der Waals surface area contributed by atoms with Crippen molar-refractivity contribution >= 4 is 6.03 Å². The number of nitrogens with one attached hydrogen (secondary N) is 2. The number of carbonyl (C=O) groups is 1. The summed E-state index contributed by atoms with van der Waals surface area (Å²) in [5.74, 6) is 1.24. The van der Waals surface area contributed by atoms with Crippen molar-refractivity contribution in [1.82, 2.24) is 10.6 Å². The lowest BCUT2D eigenvalue weighted by Crippen LogP contribution is -2.37. The molecule has 17 heavy (non-hydrogen) atoms. The van der Waals surface area contributed by atoms with Crippen LogP contribution >= 0.6 is 0 Å². The second-order valence-corrected chi connectivity index (χ2v) is 3.37. The minimum absolute atomic E-state index is 0.107. The summed E-state index contributed by atoms with van der Waals surface area (Å²) in [5, 5.41) is 5.28. The lowest BCUT2D eigenvalue weighted by molar-refractivity contribution is 0.221. The fourth-order valence-corrected chi connectivity index (χ4v) is 1.22. The zero-order chi connectivity index (χ0) is 12.5. The first-order valence-corrected chi connectivity index (χ1v) is 5.55. The van der Waals surface area contributed by atoms with E-state index >= 15 is 0 Å². The Labute approximate surface area is 101 Å². The maximum atomic E-state index is 11.2. The van der Waals surface area contributed by atoms with E-state index in [4.69, 9.17) is 9.47 Å². The lowest BCUT2D eigenvalue weighted by Gasteiger charge is -2.11. The van der Waals surface area contributed by atoms with Crippen molar-refractivity contribution < 1.29 is 14.3 Å². The monoisotopic (exact) mass is 238 g/mol. The summed E-state index contributed by atoms with van der Waals surface area (Å²) in [7, 11) is 1.57. The number of para-hydroxylation sites is 2. The van der Waals surface area contributed by atoms with Crippen molar-refractivity contribution in [3.05, 3.63) is 24.3 Å². The van der Waals surface area contributed by atoms with E-state index in [1.807, 2.05) is 19.1 Å². The van der Waals surface area contributed by atoms with E-state index in [9.17, 15) is 4.79 Å². The summed E-state index contributed by atoms with van der Waals surface area (Å²) >= 11 is 0. The molecule has 1 rings (SSSR count). The minimum Gasteiger partial charge on any atom is -0.493 e. The fourth-order valence-electron chi connectivity index (χ4n) is 1.22. The molecule has 0 radical (unpaired) electrons. The van der Waals surface area contributed by atoms with Crippen molar-refractivity contribution in [2.75, 3.05) is 20.4 Å². The van der Waals surface area contributed by atoms with Crippen LogP contribution in [-0.4, -0.2) is 26.4 Å². The third-order valence-corrected chi connectivity index (χ3v) is 2.07. The van der Waals surface area contributed by atoms with Crippen LogP contribution in [0, 0.1) is 0 Å². The van der Waals surface area contributed by atoms with E-state index < -0.39 is 0 Å². The molecule has 94 valence electrons. The van der Waals surface area contributed by atoms with Gasteiger partial charge in [-0.1, -0.05) is 19.1 Å². The van der Waals surface area contributed by atoms with Gasteiger partial charge >= 0.3 is 6.03 Å². The summed E-state index contributed by atoms with van der Waals surface area (Å²) in [6.45, 7) is 2.75. The number of hydrogen-bond donors (Lipinski definition) is 2. The van der Waals surface area contributed by atoms with E-state index in [0.29, 0.717) is 18.0 Å². The average Bonchev–Trinajstić information content (AvgIpc) is 2.37. The van der Waals surface area contributed by atoms with Gasteiger partial charge in [0.2, 0.25) is 0 Å². The van der Waals surface area contributed by atoms with Crippen LogP contribution in [0.3, 0.4) is 0 Å². The highest BCUT2D eigenvalue weighted by atomic mass is 16.5. The van der Waals surface area contributed by atoms with E-state index in [0.717, 1.165) is 6.42 Å². The van der Waals surface area contributed by atoms with Gasteiger partial charge in [0, 0.05) is 6.54 Å². The normalized spacial score (nSPS) is 9.53. The van der Waals surface area contributed by atoms with Crippen molar-refractivity contribution in [2.24, 2.45) is 0 Å². The summed E-state index contributed by atoms with van der Waals surface area (Å²) in [4.78, 5) is 11.2. The van der Waals surface area contributed by atoms with Gasteiger partial charge in [-0.3, -0.25) is 0 Å². The smallest absolute Gasteiger partial charge is 0.317 e. The average molecular weight is 238 g/mol. The number of rotatable bonds is 6. The van der Waals surface area contributed by atoms with Gasteiger partial charge in [0.15, 0.2) is 18.2 Å². The molecule has 0 bridgehead atoms. The molecule has 0 heterocycles. The summed E-state index contributed by atoms with van der Waals surface area (Å²) in [6.07, 6.45) is 0.904. The molecule has 0 spiro atoms. The van der Waals surface area contributed by atoms with Crippen LogP contribution in [0.1, 0.15) is 13.3 Å². The number of ether oxygens (including phenoxy) is 2. The molecular formula is C12H18N2O3. The summed E-state index contributed by atoms with van der Waals surface area (Å²) in [5.41, 5.74) is 0. The molecule has 0 aromatic heterocycles. The van der Waals surface area contributed by atoms with Gasteiger partial charge in [-0.15, -0.1) is 0 Å². The molecule has 0 fully saturated rings. The minimum atomic E-state index is -0.234. The van der Waals surface area contributed by atoms with Crippen LogP contribution in [0.15, 0.2) is 24.3 Å². The van der Waals surface area contributed by atoms with Gasteiger partial charge in [-0.05, 0) is 18.6 Å². The predicted molar refractivity (Wildman–Crippen MR) is 65.3 cm³/mol. The molecule has 0 aliphatic heterocycles. The topological polar surface area (TPSA) is 59.6 Å². The van der Waals surface area contributed by atoms with Crippen LogP contribution in [0.25, 0.3) is 0 Å². The van der Waals surface area contributed by atoms with Crippen LogP contribution in [0.5, 0.6) is 11.5 Å². The molecular weight excluding hydrogens is 220 g/mol. The largest absolute Gasteiger partial charge is 0.493 e. The molecule has 0 saturated carbocycles. The SMILES string of the molecule is CCCNC(=O)NCOc1ccccc1OC. The number of urea groups is 1. The molecule has 0 aliphatic rings. The highest BCUT2D eigenvalue weighted by Crippen LogP contribution is 2.25. The van der Waals surface area contributed by atoms with Gasteiger partial charge in [-0.2, -0.15) is 0 Å². The summed E-state index contributed by atoms with van der Waals surface area (Å²) < 4.78 is 10.5. The first-order valence-electron chi connectivity index (χ1n) is 5.55. The van der Waals surface area contributed by atoms with Crippen LogP contribution in [0.2, 0.25) is 0 Å². The molecule has 1 aromatic carbocycles. The number of carbonyl (C=O) groups excluding carboxylic acids is 1. The molecule has 0 saturated heterocycles. The molecule has 2 amide bonds.